The van der Waals surface area contributed by atoms with Crippen LogP contribution in [-0.4, -0.2) is 23.5 Å². The number of hydrogen-bond acceptors (Lipinski definition) is 3. The number of rotatable bonds is 6. The lowest BCUT2D eigenvalue weighted by Gasteiger charge is -2.18. The lowest BCUT2D eigenvalue weighted by Crippen LogP contribution is -2.21. The average molecular weight is 269 g/mol. The van der Waals surface area contributed by atoms with Crippen molar-refractivity contribution in [3.05, 3.63) is 65.0 Å². The second-order valence-electron chi connectivity index (χ2n) is 5.31. The zero-order valence-electron chi connectivity index (χ0n) is 12.3. The topological polar surface area (TPSA) is 42.1 Å². The summed E-state index contributed by atoms with van der Waals surface area (Å²) in [5.74, 6) is 0. The van der Waals surface area contributed by atoms with E-state index in [4.69, 9.17) is 5.73 Å². The molecule has 2 N–H and O–H groups in total. The van der Waals surface area contributed by atoms with E-state index < -0.39 is 0 Å². The van der Waals surface area contributed by atoms with Gasteiger partial charge in [-0.2, -0.15) is 0 Å². The summed E-state index contributed by atoms with van der Waals surface area (Å²) >= 11 is 0. The van der Waals surface area contributed by atoms with Crippen LogP contribution in [0.2, 0.25) is 0 Å². The van der Waals surface area contributed by atoms with Gasteiger partial charge in [0, 0.05) is 32.0 Å². The van der Waals surface area contributed by atoms with Gasteiger partial charge in [0.05, 0.1) is 0 Å². The number of likely N-dealkylation sites (N-methyl/N-ethyl adjacent to an activating group) is 1. The largest absolute Gasteiger partial charge is 0.326 e. The van der Waals surface area contributed by atoms with Gasteiger partial charge in [0.1, 0.15) is 0 Å². The molecule has 1 aromatic carbocycles. The van der Waals surface area contributed by atoms with Crippen molar-refractivity contribution in [3.63, 3.8) is 0 Å². The highest BCUT2D eigenvalue weighted by Gasteiger charge is 2.04. The summed E-state index contributed by atoms with van der Waals surface area (Å²) in [5.41, 5.74) is 10.9. The number of aryl methyl sites for hydroxylation is 1. The van der Waals surface area contributed by atoms with Crippen LogP contribution in [0.4, 0.5) is 0 Å². The molecule has 20 heavy (non-hydrogen) atoms. The molecule has 0 unspecified atom stereocenters. The van der Waals surface area contributed by atoms with Crippen molar-refractivity contribution in [1.29, 1.82) is 0 Å². The maximum absolute atomic E-state index is 5.67. The molecule has 0 aliphatic carbocycles. The fraction of sp³-hybridized carbons (Fsp3) is 0.353. The fourth-order valence-electron chi connectivity index (χ4n) is 2.30. The number of pyridine rings is 1. The Bertz CT molecular complexity index is 537. The minimum absolute atomic E-state index is 0.610. The molecule has 0 bridgehead atoms. The quantitative estimate of drug-likeness (QED) is 0.876. The highest BCUT2D eigenvalue weighted by molar-refractivity contribution is 5.31. The smallest absolute Gasteiger partial charge is 0.0270 e. The molecule has 0 aliphatic heterocycles. The van der Waals surface area contributed by atoms with E-state index in [1.165, 1.54) is 22.3 Å². The van der Waals surface area contributed by atoms with Gasteiger partial charge in [0.25, 0.3) is 0 Å². The molecule has 3 heteroatoms. The van der Waals surface area contributed by atoms with Crippen LogP contribution in [-0.2, 0) is 19.5 Å². The molecule has 0 spiro atoms. The van der Waals surface area contributed by atoms with Gasteiger partial charge < -0.3 is 10.6 Å². The summed E-state index contributed by atoms with van der Waals surface area (Å²) in [7, 11) is 2.16. The summed E-state index contributed by atoms with van der Waals surface area (Å²) in [6.07, 6.45) is 4.76. The number of hydrogen-bond donors (Lipinski definition) is 1. The fourth-order valence-corrected chi connectivity index (χ4v) is 2.30. The van der Waals surface area contributed by atoms with Crippen LogP contribution in [0, 0.1) is 6.92 Å². The highest BCUT2D eigenvalue weighted by Crippen LogP contribution is 2.13. The maximum Gasteiger partial charge on any atom is 0.0270 e. The van der Waals surface area contributed by atoms with E-state index in [-0.39, 0.29) is 0 Å². The first-order valence-electron chi connectivity index (χ1n) is 7.05. The average Bonchev–Trinajstić information content (AvgIpc) is 2.48. The van der Waals surface area contributed by atoms with Crippen LogP contribution < -0.4 is 5.73 Å². The van der Waals surface area contributed by atoms with Gasteiger partial charge in [-0.1, -0.05) is 18.2 Å². The lowest BCUT2D eigenvalue weighted by molar-refractivity contribution is 0.330. The van der Waals surface area contributed by atoms with Gasteiger partial charge in [-0.05, 0) is 54.8 Å². The Kier molecular flexibility index (Phi) is 5.27. The number of aromatic nitrogens is 1. The third kappa shape index (κ3) is 4.15. The first kappa shape index (κ1) is 14.7. The van der Waals surface area contributed by atoms with Crippen molar-refractivity contribution in [3.8, 4) is 0 Å². The molecular weight excluding hydrogens is 246 g/mol. The van der Waals surface area contributed by atoms with Crippen molar-refractivity contribution in [1.82, 2.24) is 9.88 Å². The highest BCUT2D eigenvalue weighted by atomic mass is 15.1. The predicted octanol–water partition coefficient (Wildman–Crippen LogP) is 2.52. The Labute approximate surface area is 121 Å². The molecule has 0 atom stereocenters. The van der Waals surface area contributed by atoms with E-state index in [2.05, 4.69) is 54.2 Å². The van der Waals surface area contributed by atoms with Crippen LogP contribution in [0.25, 0.3) is 0 Å². The minimum atomic E-state index is 0.610. The van der Waals surface area contributed by atoms with Gasteiger partial charge in [-0.3, -0.25) is 4.98 Å². The Balaban J connectivity index is 1.89. The van der Waals surface area contributed by atoms with Gasteiger partial charge in [0.15, 0.2) is 0 Å². The van der Waals surface area contributed by atoms with E-state index in [0.717, 1.165) is 19.5 Å². The van der Waals surface area contributed by atoms with Crippen molar-refractivity contribution in [2.24, 2.45) is 5.73 Å². The van der Waals surface area contributed by atoms with Crippen LogP contribution in [0.5, 0.6) is 0 Å². The molecule has 0 amide bonds. The van der Waals surface area contributed by atoms with E-state index >= 15 is 0 Å². The van der Waals surface area contributed by atoms with Gasteiger partial charge in [-0.15, -0.1) is 0 Å². The molecular formula is C17H23N3. The maximum atomic E-state index is 5.67. The molecule has 1 heterocycles. The second-order valence-corrected chi connectivity index (χ2v) is 5.31. The molecule has 0 saturated heterocycles. The second kappa shape index (κ2) is 7.17. The first-order chi connectivity index (χ1) is 9.69. The van der Waals surface area contributed by atoms with Gasteiger partial charge in [-0.25, -0.2) is 0 Å². The molecule has 106 valence electrons. The third-order valence-corrected chi connectivity index (χ3v) is 3.61. The monoisotopic (exact) mass is 269 g/mol. The molecule has 0 radical (unpaired) electrons. The molecule has 0 fully saturated rings. The Morgan fingerprint density at radius 2 is 1.85 bits per heavy atom. The van der Waals surface area contributed by atoms with Crippen LogP contribution >= 0.6 is 0 Å². The summed E-state index contributed by atoms with van der Waals surface area (Å²) in [6.45, 7) is 4.79. The van der Waals surface area contributed by atoms with E-state index in [0.29, 0.717) is 6.54 Å². The zero-order valence-corrected chi connectivity index (χ0v) is 12.3. The normalized spacial score (nSPS) is 11.0. The Morgan fingerprint density at radius 3 is 2.50 bits per heavy atom. The summed E-state index contributed by atoms with van der Waals surface area (Å²) in [6, 6.07) is 10.7. The van der Waals surface area contributed by atoms with Gasteiger partial charge >= 0.3 is 0 Å². The minimum Gasteiger partial charge on any atom is -0.326 e. The van der Waals surface area contributed by atoms with Crippen LogP contribution in [0.3, 0.4) is 0 Å². The number of nitrogens with zero attached hydrogens (tertiary/aromatic N) is 2. The van der Waals surface area contributed by atoms with Crippen LogP contribution in [0.15, 0.2) is 42.7 Å². The lowest BCUT2D eigenvalue weighted by atomic mass is 10.0. The predicted molar refractivity (Wildman–Crippen MR) is 83.3 cm³/mol. The summed E-state index contributed by atoms with van der Waals surface area (Å²) in [5, 5.41) is 0. The Morgan fingerprint density at radius 1 is 1.10 bits per heavy atom. The van der Waals surface area contributed by atoms with Crippen molar-refractivity contribution < 1.29 is 0 Å². The van der Waals surface area contributed by atoms with Crippen molar-refractivity contribution in [2.75, 3.05) is 13.6 Å². The zero-order chi connectivity index (χ0) is 14.4. The summed E-state index contributed by atoms with van der Waals surface area (Å²) < 4.78 is 0. The molecule has 3 nitrogen and oxygen atoms in total. The number of benzene rings is 1. The van der Waals surface area contributed by atoms with Crippen LogP contribution in [0.1, 0.15) is 22.3 Å². The number of nitrogens with two attached hydrogens (primary N) is 1. The van der Waals surface area contributed by atoms with Gasteiger partial charge in [0.2, 0.25) is 0 Å². The van der Waals surface area contributed by atoms with Crippen molar-refractivity contribution in [2.45, 2.75) is 26.4 Å². The third-order valence-electron chi connectivity index (χ3n) is 3.61. The molecule has 2 aromatic rings. The SMILES string of the molecule is Cc1cc(CN)ccc1CN(C)CCc1ccncc1. The molecule has 0 saturated carbocycles. The summed E-state index contributed by atoms with van der Waals surface area (Å²) in [4.78, 5) is 6.40. The molecule has 2 rings (SSSR count). The van der Waals surface area contributed by atoms with Crippen molar-refractivity contribution >= 4 is 0 Å². The standard InChI is InChI=1S/C17H23N3/c1-14-11-16(12-18)3-4-17(14)13-20(2)10-7-15-5-8-19-9-6-15/h3-6,8-9,11H,7,10,12-13,18H2,1-2H3. The first-order valence-corrected chi connectivity index (χ1v) is 7.05. The Hall–Kier alpha value is -1.71. The van der Waals surface area contributed by atoms with E-state index in [1.807, 2.05) is 12.4 Å². The molecule has 0 aliphatic rings. The van der Waals surface area contributed by atoms with E-state index in [1.54, 1.807) is 0 Å². The van der Waals surface area contributed by atoms with E-state index in [9.17, 15) is 0 Å². The molecule has 1 aromatic heterocycles.